The first-order valence-electron chi connectivity index (χ1n) is 20.1. The Morgan fingerprint density at radius 2 is 0.948 bits per heavy atom. The van der Waals surface area contributed by atoms with Crippen LogP contribution in [0.1, 0.15) is 44.9 Å². The molecule has 11 aromatic rings. The predicted octanol–water partition coefficient (Wildman–Crippen LogP) is 15.1. The summed E-state index contributed by atoms with van der Waals surface area (Å²) in [6.07, 6.45) is 0. The summed E-state index contributed by atoms with van der Waals surface area (Å²) < 4.78 is 9.10. The van der Waals surface area contributed by atoms with Crippen LogP contribution in [-0.2, 0) is 5.41 Å². The van der Waals surface area contributed by atoms with Crippen molar-refractivity contribution in [3.05, 3.63) is 239 Å². The zero-order valence-corrected chi connectivity index (χ0v) is 32.3. The molecule has 2 aromatic heterocycles. The molecule has 2 aliphatic carbocycles. The molecule has 0 fully saturated rings. The third-order valence-electron chi connectivity index (χ3n) is 13.1. The van der Waals surface area contributed by atoms with Crippen LogP contribution in [0.5, 0.6) is 0 Å². The van der Waals surface area contributed by atoms with Gasteiger partial charge < -0.3 is 4.42 Å². The molecule has 58 heavy (non-hydrogen) atoms. The van der Waals surface area contributed by atoms with E-state index in [1.165, 1.54) is 92.5 Å². The molecule has 2 heteroatoms. The van der Waals surface area contributed by atoms with Crippen molar-refractivity contribution in [3.8, 4) is 33.4 Å². The van der Waals surface area contributed by atoms with Gasteiger partial charge in [-0.2, -0.15) is 0 Å². The van der Waals surface area contributed by atoms with Gasteiger partial charge in [-0.05, 0) is 103 Å². The third kappa shape index (κ3) is 4.30. The van der Waals surface area contributed by atoms with Crippen molar-refractivity contribution >= 4 is 53.4 Å². The maximum atomic E-state index is 6.47. The SMILES string of the molecule is c1ccc2c(c1)-c1ccccc1C21c2ccccc2-c2cc(-c3ccc(C(c4ccc5c(c4)oc4ccccc45)c4cccc5sc6ccccc6c45)cc3)ccc21. The summed E-state index contributed by atoms with van der Waals surface area (Å²) in [4.78, 5) is 0. The Hall–Kier alpha value is -7.00. The first-order valence-corrected chi connectivity index (χ1v) is 20.9. The van der Waals surface area contributed by atoms with Gasteiger partial charge in [0.2, 0.25) is 0 Å². The first-order chi connectivity index (χ1) is 28.8. The van der Waals surface area contributed by atoms with Crippen molar-refractivity contribution in [2.24, 2.45) is 0 Å². The maximum absolute atomic E-state index is 6.47. The number of hydrogen-bond donors (Lipinski definition) is 0. The van der Waals surface area contributed by atoms with Crippen molar-refractivity contribution in [3.63, 3.8) is 0 Å². The third-order valence-corrected chi connectivity index (χ3v) is 14.2. The molecule has 0 saturated heterocycles. The van der Waals surface area contributed by atoms with E-state index in [9.17, 15) is 0 Å². The van der Waals surface area contributed by atoms with Gasteiger partial charge in [0.05, 0.1) is 5.41 Å². The highest BCUT2D eigenvalue weighted by Gasteiger charge is 2.51. The van der Waals surface area contributed by atoms with Gasteiger partial charge in [0.15, 0.2) is 0 Å². The molecule has 270 valence electrons. The molecule has 0 radical (unpaired) electrons. The van der Waals surface area contributed by atoms with Gasteiger partial charge in [-0.1, -0.05) is 170 Å². The van der Waals surface area contributed by atoms with E-state index in [4.69, 9.17) is 4.42 Å². The average Bonchev–Trinajstić information content (AvgIpc) is 4.02. The van der Waals surface area contributed by atoms with E-state index in [-0.39, 0.29) is 11.3 Å². The van der Waals surface area contributed by atoms with Crippen LogP contribution in [0.15, 0.2) is 205 Å². The van der Waals surface area contributed by atoms with Crippen molar-refractivity contribution in [2.45, 2.75) is 11.3 Å². The van der Waals surface area contributed by atoms with E-state index in [2.05, 4.69) is 194 Å². The zero-order chi connectivity index (χ0) is 38.0. The summed E-state index contributed by atoms with van der Waals surface area (Å²) in [6, 6.07) is 74.5. The normalized spacial score (nSPS) is 13.9. The van der Waals surface area contributed by atoms with Crippen LogP contribution >= 0.6 is 11.3 Å². The molecule has 1 spiro atoms. The summed E-state index contributed by atoms with van der Waals surface area (Å²) in [7, 11) is 0. The van der Waals surface area contributed by atoms with Crippen LogP contribution in [0.3, 0.4) is 0 Å². The number of para-hydroxylation sites is 1. The highest BCUT2D eigenvalue weighted by atomic mass is 32.1. The van der Waals surface area contributed by atoms with Crippen LogP contribution in [0.2, 0.25) is 0 Å². The molecule has 2 heterocycles. The molecule has 0 saturated carbocycles. The van der Waals surface area contributed by atoms with Gasteiger partial charge in [0, 0.05) is 36.9 Å². The molecular weight excluding hydrogens is 721 g/mol. The topological polar surface area (TPSA) is 13.1 Å². The molecule has 1 unspecified atom stereocenters. The lowest BCUT2D eigenvalue weighted by Gasteiger charge is -2.30. The summed E-state index contributed by atoms with van der Waals surface area (Å²) in [5.74, 6) is 0.00243. The number of furan rings is 1. The molecular formula is C56H34OS. The van der Waals surface area contributed by atoms with Crippen LogP contribution in [-0.4, -0.2) is 0 Å². The Morgan fingerprint density at radius 3 is 1.71 bits per heavy atom. The Bertz CT molecular complexity index is 3420. The second-order valence-corrected chi connectivity index (χ2v) is 17.0. The number of rotatable bonds is 4. The highest BCUT2D eigenvalue weighted by molar-refractivity contribution is 7.25. The lowest BCUT2D eigenvalue weighted by atomic mass is 9.70. The Labute approximate surface area is 340 Å². The molecule has 13 rings (SSSR count). The van der Waals surface area contributed by atoms with Crippen molar-refractivity contribution in [2.75, 3.05) is 0 Å². The molecule has 0 bridgehead atoms. The Kier molecular flexibility index (Phi) is 6.65. The summed E-state index contributed by atoms with van der Waals surface area (Å²) in [5, 5.41) is 4.95. The lowest BCUT2D eigenvalue weighted by molar-refractivity contribution is 0.668. The Morgan fingerprint density at radius 1 is 0.379 bits per heavy atom. The quantitative estimate of drug-likeness (QED) is 0.163. The van der Waals surface area contributed by atoms with Crippen molar-refractivity contribution < 1.29 is 4.42 Å². The van der Waals surface area contributed by atoms with E-state index in [0.29, 0.717) is 0 Å². The fourth-order valence-corrected chi connectivity index (χ4v) is 11.8. The fraction of sp³-hybridized carbons (Fsp3) is 0.0357. The largest absolute Gasteiger partial charge is 0.456 e. The number of hydrogen-bond acceptors (Lipinski definition) is 2. The molecule has 2 aliphatic rings. The van der Waals surface area contributed by atoms with Gasteiger partial charge in [0.25, 0.3) is 0 Å². The van der Waals surface area contributed by atoms with E-state index >= 15 is 0 Å². The van der Waals surface area contributed by atoms with Gasteiger partial charge in [-0.15, -0.1) is 11.3 Å². The molecule has 0 amide bonds. The molecule has 1 atom stereocenters. The van der Waals surface area contributed by atoms with Crippen LogP contribution in [0, 0.1) is 0 Å². The summed E-state index contributed by atoms with van der Waals surface area (Å²) in [6.45, 7) is 0. The lowest BCUT2D eigenvalue weighted by Crippen LogP contribution is -2.25. The monoisotopic (exact) mass is 754 g/mol. The number of fused-ring (bicyclic) bond motifs is 16. The van der Waals surface area contributed by atoms with Crippen molar-refractivity contribution in [1.82, 2.24) is 0 Å². The fourth-order valence-electron chi connectivity index (χ4n) is 10.7. The van der Waals surface area contributed by atoms with Gasteiger partial charge in [0.1, 0.15) is 11.2 Å². The van der Waals surface area contributed by atoms with E-state index in [1.807, 2.05) is 17.4 Å². The minimum Gasteiger partial charge on any atom is -0.456 e. The highest BCUT2D eigenvalue weighted by Crippen LogP contribution is 2.63. The van der Waals surface area contributed by atoms with Crippen molar-refractivity contribution in [1.29, 1.82) is 0 Å². The zero-order valence-electron chi connectivity index (χ0n) is 31.4. The number of thiophene rings is 1. The van der Waals surface area contributed by atoms with Crippen LogP contribution < -0.4 is 0 Å². The maximum Gasteiger partial charge on any atom is 0.135 e. The second kappa shape index (κ2) is 12.0. The Balaban J connectivity index is 0.970. The minimum atomic E-state index is -0.331. The molecule has 9 aromatic carbocycles. The van der Waals surface area contributed by atoms with Crippen LogP contribution in [0.25, 0.3) is 75.5 Å². The first kappa shape index (κ1) is 32.1. The minimum absolute atomic E-state index is 0.00243. The second-order valence-electron chi connectivity index (χ2n) is 15.9. The van der Waals surface area contributed by atoms with Gasteiger partial charge in [-0.25, -0.2) is 0 Å². The smallest absolute Gasteiger partial charge is 0.135 e. The average molecular weight is 755 g/mol. The standard InChI is InChI=1S/C56H34OS/c1-6-18-46-38(12-1)39-13-2-7-19-47(39)56(46)48-20-8-3-14-40(48)45-32-36(29-31-49(45)56)34-24-26-35(27-25-34)54(37-28-30-42-41-15-4-9-21-50(41)57-51(42)33-37)44-17-11-23-53-55(44)43-16-5-10-22-52(43)58-53/h1-33,54H. The van der Waals surface area contributed by atoms with E-state index in [1.54, 1.807) is 0 Å². The van der Waals surface area contributed by atoms with E-state index < -0.39 is 0 Å². The predicted molar refractivity (Wildman–Crippen MR) is 242 cm³/mol. The van der Waals surface area contributed by atoms with Crippen LogP contribution in [0.4, 0.5) is 0 Å². The molecule has 0 N–H and O–H groups in total. The summed E-state index contributed by atoms with van der Waals surface area (Å²) in [5.41, 5.74) is 18.5. The molecule has 1 nitrogen and oxygen atoms in total. The number of benzene rings is 9. The van der Waals surface area contributed by atoms with Gasteiger partial charge in [-0.3, -0.25) is 0 Å². The molecule has 0 aliphatic heterocycles. The van der Waals surface area contributed by atoms with Gasteiger partial charge >= 0.3 is 0 Å². The summed E-state index contributed by atoms with van der Waals surface area (Å²) >= 11 is 1.87. The van der Waals surface area contributed by atoms with E-state index in [0.717, 1.165) is 21.9 Å².